The molecule has 0 spiro atoms. The van der Waals surface area contributed by atoms with Crippen molar-refractivity contribution in [3.05, 3.63) is 29.3 Å². The number of benzene rings is 1. The van der Waals surface area contributed by atoms with E-state index in [1.54, 1.807) is 25.1 Å². The van der Waals surface area contributed by atoms with Gasteiger partial charge in [0.1, 0.15) is 6.07 Å². The van der Waals surface area contributed by atoms with Crippen LogP contribution in [0.5, 0.6) is 0 Å². The second kappa shape index (κ2) is 3.68. The minimum atomic E-state index is -3.33. The summed E-state index contributed by atoms with van der Waals surface area (Å²) < 4.78 is 24.2. The molecule has 1 N–H and O–H groups in total. The van der Waals surface area contributed by atoms with Gasteiger partial charge in [-0.15, -0.1) is 0 Å². The molecule has 1 aromatic rings. The smallest absolute Gasteiger partial charge is 0.229 e. The number of hydrogen-bond acceptors (Lipinski definition) is 3. The Hall–Kier alpha value is -1.54. The number of sulfonamides is 1. The number of nitrogens with zero attached hydrogens (tertiary/aromatic N) is 1. The van der Waals surface area contributed by atoms with E-state index in [4.69, 9.17) is 5.26 Å². The van der Waals surface area contributed by atoms with Crippen molar-refractivity contribution in [2.75, 3.05) is 11.0 Å². The first-order valence-electron chi connectivity index (χ1n) is 3.91. The fraction of sp³-hybridized carbons (Fsp3) is 0.222. The van der Waals surface area contributed by atoms with E-state index in [-0.39, 0.29) is 0 Å². The van der Waals surface area contributed by atoms with Crippen molar-refractivity contribution in [2.45, 2.75) is 6.92 Å². The molecule has 0 aliphatic carbocycles. The highest BCUT2D eigenvalue weighted by Gasteiger charge is 2.08. The van der Waals surface area contributed by atoms with Crippen LogP contribution in [0.25, 0.3) is 0 Å². The second-order valence-electron chi connectivity index (χ2n) is 2.98. The average molecular weight is 210 g/mol. The van der Waals surface area contributed by atoms with E-state index in [9.17, 15) is 8.42 Å². The van der Waals surface area contributed by atoms with Crippen LogP contribution in [-0.2, 0) is 10.0 Å². The van der Waals surface area contributed by atoms with Gasteiger partial charge in [0.25, 0.3) is 0 Å². The lowest BCUT2D eigenvalue weighted by Crippen LogP contribution is -2.11. The van der Waals surface area contributed by atoms with Crippen LogP contribution in [0.15, 0.2) is 18.2 Å². The third-order valence-electron chi connectivity index (χ3n) is 1.68. The highest BCUT2D eigenvalue weighted by atomic mass is 32.2. The Bertz CT molecular complexity index is 486. The molecule has 0 saturated carbocycles. The van der Waals surface area contributed by atoms with Crippen LogP contribution in [0.1, 0.15) is 11.1 Å². The Kier molecular flexibility index (Phi) is 2.77. The fourth-order valence-corrected chi connectivity index (χ4v) is 1.67. The highest BCUT2D eigenvalue weighted by molar-refractivity contribution is 7.92. The standard InChI is InChI=1S/C9H10N2O2S/c1-7-4-3-5-9(8(7)6-10)11-14(2,12)13/h3-5,11H,1-2H3. The Labute approximate surface area is 83.2 Å². The van der Waals surface area contributed by atoms with Crippen molar-refractivity contribution < 1.29 is 8.42 Å². The molecular weight excluding hydrogens is 200 g/mol. The Morgan fingerprint density at radius 2 is 2.07 bits per heavy atom. The predicted octanol–water partition coefficient (Wildman–Crippen LogP) is 1.24. The quantitative estimate of drug-likeness (QED) is 0.798. The molecule has 0 radical (unpaired) electrons. The van der Waals surface area contributed by atoms with E-state index < -0.39 is 10.0 Å². The SMILES string of the molecule is Cc1cccc(NS(C)(=O)=O)c1C#N. The van der Waals surface area contributed by atoms with Gasteiger partial charge in [0, 0.05) is 0 Å². The minimum Gasteiger partial charge on any atom is -0.282 e. The lowest BCUT2D eigenvalue weighted by molar-refractivity contribution is 0.607. The zero-order valence-electron chi connectivity index (χ0n) is 7.90. The second-order valence-corrected chi connectivity index (χ2v) is 4.73. The van der Waals surface area contributed by atoms with Crippen LogP contribution >= 0.6 is 0 Å². The minimum absolute atomic E-state index is 0.329. The van der Waals surface area contributed by atoms with E-state index in [0.29, 0.717) is 11.3 Å². The van der Waals surface area contributed by atoms with E-state index in [2.05, 4.69) is 4.72 Å². The molecule has 14 heavy (non-hydrogen) atoms. The molecule has 0 saturated heterocycles. The van der Waals surface area contributed by atoms with Gasteiger partial charge in [0.05, 0.1) is 17.5 Å². The van der Waals surface area contributed by atoms with Crippen LogP contribution in [-0.4, -0.2) is 14.7 Å². The summed E-state index contributed by atoms with van der Waals surface area (Å²) in [7, 11) is -3.33. The maximum Gasteiger partial charge on any atom is 0.229 e. The summed E-state index contributed by atoms with van der Waals surface area (Å²) in [4.78, 5) is 0. The number of rotatable bonds is 2. The lowest BCUT2D eigenvalue weighted by Gasteiger charge is -2.07. The van der Waals surface area contributed by atoms with Gasteiger partial charge in [-0.2, -0.15) is 5.26 Å². The molecule has 0 amide bonds. The summed E-state index contributed by atoms with van der Waals surface area (Å²) in [5.74, 6) is 0. The van der Waals surface area contributed by atoms with Gasteiger partial charge in [-0.3, -0.25) is 4.72 Å². The number of hydrogen-bond donors (Lipinski definition) is 1. The molecule has 4 nitrogen and oxygen atoms in total. The molecular formula is C9H10N2O2S. The molecule has 0 atom stereocenters. The van der Waals surface area contributed by atoms with Crippen molar-refractivity contribution in [3.8, 4) is 6.07 Å². The van der Waals surface area contributed by atoms with Crippen LogP contribution in [0.2, 0.25) is 0 Å². The zero-order valence-corrected chi connectivity index (χ0v) is 8.72. The van der Waals surface area contributed by atoms with Crippen LogP contribution in [0.4, 0.5) is 5.69 Å². The summed E-state index contributed by atoms with van der Waals surface area (Å²) in [5.41, 5.74) is 1.44. The molecule has 0 aromatic heterocycles. The normalized spacial score (nSPS) is 10.6. The first-order chi connectivity index (χ1) is 6.44. The van der Waals surface area contributed by atoms with Gasteiger partial charge < -0.3 is 0 Å². The van der Waals surface area contributed by atoms with Gasteiger partial charge in [-0.05, 0) is 18.6 Å². The Morgan fingerprint density at radius 3 is 2.57 bits per heavy atom. The summed E-state index contributed by atoms with van der Waals surface area (Å²) in [5, 5.41) is 8.81. The fourth-order valence-electron chi connectivity index (χ4n) is 1.10. The summed E-state index contributed by atoms with van der Waals surface area (Å²) in [6, 6.07) is 6.98. The first kappa shape index (κ1) is 10.5. The maximum atomic E-state index is 11.0. The van der Waals surface area contributed by atoms with Gasteiger partial charge >= 0.3 is 0 Å². The van der Waals surface area contributed by atoms with E-state index in [1.807, 2.05) is 6.07 Å². The molecule has 1 rings (SSSR count). The molecule has 0 heterocycles. The van der Waals surface area contributed by atoms with Crippen molar-refractivity contribution in [1.82, 2.24) is 0 Å². The Balaban J connectivity index is 3.24. The molecule has 0 bridgehead atoms. The monoisotopic (exact) mass is 210 g/mol. The topological polar surface area (TPSA) is 70.0 Å². The number of nitriles is 1. The van der Waals surface area contributed by atoms with Gasteiger partial charge in [-0.25, -0.2) is 8.42 Å². The van der Waals surface area contributed by atoms with Crippen LogP contribution < -0.4 is 4.72 Å². The van der Waals surface area contributed by atoms with Crippen molar-refractivity contribution >= 4 is 15.7 Å². The van der Waals surface area contributed by atoms with E-state index in [0.717, 1.165) is 11.8 Å². The third-order valence-corrected chi connectivity index (χ3v) is 2.27. The summed E-state index contributed by atoms with van der Waals surface area (Å²) >= 11 is 0. The molecule has 0 unspecified atom stereocenters. The largest absolute Gasteiger partial charge is 0.282 e. The zero-order chi connectivity index (χ0) is 10.8. The molecule has 1 aromatic carbocycles. The molecule has 0 aliphatic rings. The summed E-state index contributed by atoms with van der Waals surface area (Å²) in [6.07, 6.45) is 1.05. The predicted molar refractivity (Wildman–Crippen MR) is 54.4 cm³/mol. The highest BCUT2D eigenvalue weighted by Crippen LogP contribution is 2.18. The first-order valence-corrected chi connectivity index (χ1v) is 5.80. The average Bonchev–Trinajstić information content (AvgIpc) is 2.01. The molecule has 74 valence electrons. The van der Waals surface area contributed by atoms with Crippen molar-refractivity contribution in [2.24, 2.45) is 0 Å². The number of nitrogens with one attached hydrogen (secondary N) is 1. The lowest BCUT2D eigenvalue weighted by atomic mass is 10.1. The molecule has 5 heteroatoms. The summed E-state index contributed by atoms with van der Waals surface area (Å²) in [6.45, 7) is 1.76. The van der Waals surface area contributed by atoms with Crippen molar-refractivity contribution in [3.63, 3.8) is 0 Å². The van der Waals surface area contributed by atoms with Gasteiger partial charge in [-0.1, -0.05) is 12.1 Å². The van der Waals surface area contributed by atoms with Crippen LogP contribution in [0, 0.1) is 18.3 Å². The van der Waals surface area contributed by atoms with Gasteiger partial charge in [0.2, 0.25) is 10.0 Å². The van der Waals surface area contributed by atoms with E-state index in [1.165, 1.54) is 0 Å². The van der Waals surface area contributed by atoms with Gasteiger partial charge in [0.15, 0.2) is 0 Å². The Morgan fingerprint density at radius 1 is 1.43 bits per heavy atom. The number of aryl methyl sites for hydroxylation is 1. The molecule has 0 fully saturated rings. The van der Waals surface area contributed by atoms with Crippen molar-refractivity contribution in [1.29, 1.82) is 5.26 Å². The maximum absolute atomic E-state index is 11.0. The van der Waals surface area contributed by atoms with E-state index >= 15 is 0 Å². The third kappa shape index (κ3) is 2.47. The number of anilines is 1. The molecule has 0 aliphatic heterocycles. The van der Waals surface area contributed by atoms with Crippen LogP contribution in [0.3, 0.4) is 0 Å².